The number of amides is 3. The number of piperazine rings is 1. The quantitative estimate of drug-likeness (QED) is 0.645. The van der Waals surface area contributed by atoms with Crippen LogP contribution in [0.25, 0.3) is 0 Å². The summed E-state index contributed by atoms with van der Waals surface area (Å²) in [5.74, 6) is 0.766. The van der Waals surface area contributed by atoms with Gasteiger partial charge in [-0.1, -0.05) is 5.16 Å². The Balaban J connectivity index is 0.000000878. The second-order valence-electron chi connectivity index (χ2n) is 6.64. The molecule has 2 saturated heterocycles. The highest BCUT2D eigenvalue weighted by Crippen LogP contribution is 2.16. The average molecular weight is 395 g/mol. The maximum atomic E-state index is 12.6. The van der Waals surface area contributed by atoms with Crippen molar-refractivity contribution in [2.24, 2.45) is 0 Å². The first-order valence-corrected chi connectivity index (χ1v) is 9.10. The Morgan fingerprint density at radius 1 is 1.21 bits per heavy atom. The lowest BCUT2D eigenvalue weighted by atomic mass is 10.1. The molecule has 2 fully saturated rings. The van der Waals surface area contributed by atoms with Crippen LogP contribution in [0.3, 0.4) is 0 Å². The van der Waals surface area contributed by atoms with Crippen molar-refractivity contribution in [2.75, 3.05) is 26.2 Å². The number of hydrogen-bond donors (Lipinski definition) is 1. The molecule has 0 unspecified atom stereocenters. The van der Waals surface area contributed by atoms with Crippen molar-refractivity contribution in [1.82, 2.24) is 24.8 Å². The van der Waals surface area contributed by atoms with E-state index in [4.69, 9.17) is 14.4 Å². The SMILES string of the molecule is Cc1noc(CN2C(=O)CN(CCCN3CCCC3=O)C(=O)[C@@H]2C)n1.O=CO. The molecule has 0 aliphatic carbocycles. The van der Waals surface area contributed by atoms with Gasteiger partial charge in [0.1, 0.15) is 12.6 Å². The molecule has 0 spiro atoms. The second-order valence-corrected chi connectivity index (χ2v) is 6.64. The summed E-state index contributed by atoms with van der Waals surface area (Å²) in [5, 5.41) is 10.6. The number of aromatic nitrogens is 2. The topological polar surface area (TPSA) is 137 Å². The van der Waals surface area contributed by atoms with E-state index in [1.807, 2.05) is 4.90 Å². The fraction of sp³-hybridized carbons (Fsp3) is 0.647. The van der Waals surface area contributed by atoms with Crippen molar-refractivity contribution >= 4 is 24.2 Å². The van der Waals surface area contributed by atoms with Crippen LogP contribution in [-0.4, -0.2) is 86.4 Å². The van der Waals surface area contributed by atoms with Gasteiger partial charge >= 0.3 is 0 Å². The molecule has 154 valence electrons. The van der Waals surface area contributed by atoms with Crippen molar-refractivity contribution < 1.29 is 28.8 Å². The minimum absolute atomic E-state index is 0.0459. The van der Waals surface area contributed by atoms with Crippen molar-refractivity contribution in [3.8, 4) is 0 Å². The molecule has 11 heteroatoms. The minimum atomic E-state index is -0.568. The van der Waals surface area contributed by atoms with Crippen LogP contribution in [0.2, 0.25) is 0 Å². The summed E-state index contributed by atoms with van der Waals surface area (Å²) >= 11 is 0. The molecule has 1 aromatic heterocycles. The van der Waals surface area contributed by atoms with Crippen LogP contribution in [0, 0.1) is 6.92 Å². The fourth-order valence-electron chi connectivity index (χ4n) is 3.30. The van der Waals surface area contributed by atoms with Gasteiger partial charge in [-0.3, -0.25) is 19.2 Å². The molecule has 0 radical (unpaired) electrons. The van der Waals surface area contributed by atoms with Crippen LogP contribution in [0.15, 0.2) is 4.52 Å². The molecule has 1 atom stereocenters. The molecule has 0 bridgehead atoms. The largest absolute Gasteiger partial charge is 0.483 e. The van der Waals surface area contributed by atoms with Gasteiger partial charge in [0.2, 0.25) is 23.6 Å². The van der Waals surface area contributed by atoms with Gasteiger partial charge in [-0.05, 0) is 26.7 Å². The zero-order valence-corrected chi connectivity index (χ0v) is 16.0. The van der Waals surface area contributed by atoms with Crippen LogP contribution >= 0.6 is 0 Å². The number of rotatable bonds is 6. The zero-order valence-electron chi connectivity index (χ0n) is 16.0. The number of likely N-dealkylation sites (tertiary alicyclic amines) is 1. The van der Waals surface area contributed by atoms with Crippen molar-refractivity contribution in [2.45, 2.75) is 45.7 Å². The van der Waals surface area contributed by atoms with Crippen LogP contribution in [0.1, 0.15) is 37.9 Å². The Bertz CT molecular complexity index is 721. The summed E-state index contributed by atoms with van der Waals surface area (Å²) in [6, 6.07) is -0.568. The van der Waals surface area contributed by atoms with E-state index in [0.29, 0.717) is 37.6 Å². The van der Waals surface area contributed by atoms with E-state index in [-0.39, 0.29) is 37.3 Å². The molecule has 2 aliphatic heterocycles. The predicted molar refractivity (Wildman–Crippen MR) is 94.8 cm³/mol. The lowest BCUT2D eigenvalue weighted by Crippen LogP contribution is -2.58. The molecule has 28 heavy (non-hydrogen) atoms. The molecule has 1 aromatic rings. The summed E-state index contributed by atoms with van der Waals surface area (Å²) in [6.45, 7) is 5.25. The summed E-state index contributed by atoms with van der Waals surface area (Å²) in [4.78, 5) is 53.9. The molecule has 11 nitrogen and oxygen atoms in total. The van der Waals surface area contributed by atoms with Crippen LogP contribution in [-0.2, 0) is 25.7 Å². The van der Waals surface area contributed by atoms with Gasteiger partial charge in [0.05, 0.1) is 6.54 Å². The Labute approximate surface area is 162 Å². The number of carbonyl (C=O) groups excluding carboxylic acids is 3. The maximum Gasteiger partial charge on any atom is 0.290 e. The number of carbonyl (C=O) groups is 4. The second kappa shape index (κ2) is 9.81. The van der Waals surface area contributed by atoms with Crippen LogP contribution in [0.5, 0.6) is 0 Å². The molecule has 3 rings (SSSR count). The first kappa shape index (κ1) is 21.3. The highest BCUT2D eigenvalue weighted by molar-refractivity contribution is 5.94. The first-order valence-electron chi connectivity index (χ1n) is 9.10. The molecule has 3 heterocycles. The highest BCUT2D eigenvalue weighted by Gasteiger charge is 2.37. The van der Waals surface area contributed by atoms with E-state index in [2.05, 4.69) is 10.1 Å². The van der Waals surface area contributed by atoms with E-state index >= 15 is 0 Å². The predicted octanol–water partition coefficient (Wildman–Crippen LogP) is -0.349. The molecular formula is C17H25N5O6. The molecule has 2 aliphatic rings. The molecule has 0 aromatic carbocycles. The molecule has 1 N–H and O–H groups in total. The van der Waals surface area contributed by atoms with Gasteiger partial charge < -0.3 is 24.3 Å². The third-order valence-electron chi connectivity index (χ3n) is 4.69. The van der Waals surface area contributed by atoms with Gasteiger partial charge in [-0.25, -0.2) is 0 Å². The van der Waals surface area contributed by atoms with E-state index < -0.39 is 6.04 Å². The summed E-state index contributed by atoms with van der Waals surface area (Å²) in [6.07, 6.45) is 2.20. The standard InChI is InChI=1S/C16H23N5O4.CH2O2/c1-11-16(24)20(8-4-7-19-6-3-5-14(19)22)10-15(23)21(11)9-13-17-12(2)18-25-13;2-1-3/h11H,3-10H2,1-2H3;1H,(H,2,3)/t11-;/m0./s1. The van der Waals surface area contributed by atoms with Gasteiger partial charge in [0.15, 0.2) is 5.82 Å². The third-order valence-corrected chi connectivity index (χ3v) is 4.69. The number of aryl methyl sites for hydroxylation is 1. The third kappa shape index (κ3) is 5.27. The minimum Gasteiger partial charge on any atom is -0.483 e. The number of hydrogen-bond acceptors (Lipinski definition) is 7. The summed E-state index contributed by atoms with van der Waals surface area (Å²) < 4.78 is 5.04. The van der Waals surface area contributed by atoms with Crippen LogP contribution < -0.4 is 0 Å². The van der Waals surface area contributed by atoms with E-state index in [1.54, 1.807) is 18.7 Å². The van der Waals surface area contributed by atoms with E-state index in [1.165, 1.54) is 4.90 Å². The monoisotopic (exact) mass is 395 g/mol. The molecule has 3 amide bonds. The Hall–Kier alpha value is -2.98. The van der Waals surface area contributed by atoms with Crippen molar-refractivity contribution in [1.29, 1.82) is 0 Å². The maximum absolute atomic E-state index is 12.6. The van der Waals surface area contributed by atoms with Crippen molar-refractivity contribution in [3.05, 3.63) is 11.7 Å². The van der Waals surface area contributed by atoms with E-state index in [0.717, 1.165) is 13.0 Å². The van der Waals surface area contributed by atoms with Gasteiger partial charge in [-0.2, -0.15) is 4.98 Å². The average Bonchev–Trinajstić information content (AvgIpc) is 3.25. The fourth-order valence-corrected chi connectivity index (χ4v) is 3.30. The van der Waals surface area contributed by atoms with E-state index in [9.17, 15) is 14.4 Å². The number of nitrogens with zero attached hydrogens (tertiary/aromatic N) is 5. The normalized spacial score (nSPS) is 19.7. The van der Waals surface area contributed by atoms with Crippen molar-refractivity contribution in [3.63, 3.8) is 0 Å². The highest BCUT2D eigenvalue weighted by atomic mass is 16.5. The summed E-state index contributed by atoms with van der Waals surface area (Å²) in [5.41, 5.74) is 0. The Morgan fingerprint density at radius 3 is 2.46 bits per heavy atom. The Kier molecular flexibility index (Phi) is 7.47. The van der Waals surface area contributed by atoms with Gasteiger partial charge in [0.25, 0.3) is 6.47 Å². The molecule has 0 saturated carbocycles. The van der Waals surface area contributed by atoms with Gasteiger partial charge in [0, 0.05) is 26.1 Å². The Morgan fingerprint density at radius 2 is 1.89 bits per heavy atom. The number of carboxylic acid groups (broad SMARTS) is 1. The summed E-state index contributed by atoms with van der Waals surface area (Å²) in [7, 11) is 0. The molecular weight excluding hydrogens is 370 g/mol. The van der Waals surface area contributed by atoms with Crippen LogP contribution in [0.4, 0.5) is 0 Å². The lowest BCUT2D eigenvalue weighted by molar-refractivity contribution is -0.156. The smallest absolute Gasteiger partial charge is 0.290 e. The first-order chi connectivity index (χ1) is 13.4. The zero-order chi connectivity index (χ0) is 20.7. The van der Waals surface area contributed by atoms with Gasteiger partial charge in [-0.15, -0.1) is 0 Å². The lowest BCUT2D eigenvalue weighted by Gasteiger charge is -2.38.